The average Bonchev–Trinajstić information content (AvgIpc) is 2.86. The molecule has 35 heavy (non-hydrogen) atoms. The molecule has 10 heteroatoms. The molecule has 0 bridgehead atoms. The van der Waals surface area contributed by atoms with Crippen molar-refractivity contribution >= 4 is 22.5 Å². The molecule has 0 aliphatic heterocycles. The van der Waals surface area contributed by atoms with Gasteiger partial charge in [0.2, 0.25) is 0 Å². The van der Waals surface area contributed by atoms with Crippen LogP contribution in [0.4, 0.5) is 14.5 Å². The standard InChI is InChI=1S/C25H21F2N3O5/c1-32-9-10-34-16-3-4-17-21(13-16)29-8-6-23(17)35-24-19(26)11-15(12-20(24)27)30-25(31)18-14-28-7-5-22(18)33-2/h3-8,11-14H,9-10H2,1-2H3,(H,30,31). The molecule has 0 unspecified atom stereocenters. The normalized spacial score (nSPS) is 10.7. The summed E-state index contributed by atoms with van der Waals surface area (Å²) in [6, 6.07) is 10.00. The number of nitrogens with zero attached hydrogens (tertiary/aromatic N) is 2. The van der Waals surface area contributed by atoms with Gasteiger partial charge in [0.1, 0.15) is 23.9 Å². The molecule has 2 aromatic heterocycles. The van der Waals surface area contributed by atoms with Gasteiger partial charge in [0.25, 0.3) is 5.91 Å². The van der Waals surface area contributed by atoms with Crippen LogP contribution in [0.5, 0.6) is 23.0 Å². The van der Waals surface area contributed by atoms with Gasteiger partial charge >= 0.3 is 0 Å². The van der Waals surface area contributed by atoms with Gasteiger partial charge < -0.3 is 24.3 Å². The number of hydrogen-bond donors (Lipinski definition) is 1. The van der Waals surface area contributed by atoms with Crippen LogP contribution in [-0.2, 0) is 4.74 Å². The van der Waals surface area contributed by atoms with Gasteiger partial charge in [0, 0.05) is 55.0 Å². The zero-order chi connectivity index (χ0) is 24.8. The van der Waals surface area contributed by atoms with Crippen molar-refractivity contribution in [1.29, 1.82) is 0 Å². The lowest BCUT2D eigenvalue weighted by Gasteiger charge is -2.13. The average molecular weight is 481 g/mol. The lowest BCUT2D eigenvalue weighted by molar-refractivity contribution is 0.102. The Morgan fingerprint density at radius 3 is 2.49 bits per heavy atom. The van der Waals surface area contributed by atoms with Crippen molar-refractivity contribution in [3.05, 3.63) is 78.3 Å². The maximum absolute atomic E-state index is 14.8. The molecular formula is C25H21F2N3O5. The van der Waals surface area contributed by atoms with Crippen molar-refractivity contribution in [2.75, 3.05) is 32.8 Å². The number of aromatic nitrogens is 2. The molecule has 0 fully saturated rings. The molecule has 8 nitrogen and oxygen atoms in total. The van der Waals surface area contributed by atoms with Crippen LogP contribution in [0.25, 0.3) is 10.9 Å². The molecule has 0 aliphatic rings. The molecule has 0 spiro atoms. The number of methoxy groups -OCH3 is 2. The number of halogens is 2. The first-order valence-electron chi connectivity index (χ1n) is 10.5. The minimum Gasteiger partial charge on any atom is -0.496 e. The van der Waals surface area contributed by atoms with E-state index < -0.39 is 23.3 Å². The monoisotopic (exact) mass is 481 g/mol. The van der Waals surface area contributed by atoms with Crippen LogP contribution in [0, 0.1) is 11.6 Å². The van der Waals surface area contributed by atoms with Crippen molar-refractivity contribution in [2.24, 2.45) is 0 Å². The Morgan fingerprint density at radius 1 is 0.971 bits per heavy atom. The maximum Gasteiger partial charge on any atom is 0.261 e. The van der Waals surface area contributed by atoms with Gasteiger partial charge in [-0.15, -0.1) is 0 Å². The molecule has 0 saturated heterocycles. The fourth-order valence-corrected chi connectivity index (χ4v) is 3.29. The van der Waals surface area contributed by atoms with Gasteiger partial charge in [-0.2, -0.15) is 0 Å². The summed E-state index contributed by atoms with van der Waals surface area (Å²) in [6.45, 7) is 0.796. The highest BCUT2D eigenvalue weighted by Gasteiger charge is 2.18. The highest BCUT2D eigenvalue weighted by atomic mass is 19.1. The molecule has 2 aromatic carbocycles. The molecule has 4 rings (SSSR count). The van der Waals surface area contributed by atoms with Crippen molar-refractivity contribution in [3.8, 4) is 23.0 Å². The molecule has 180 valence electrons. The first-order chi connectivity index (χ1) is 17.0. The van der Waals surface area contributed by atoms with Crippen LogP contribution in [0.2, 0.25) is 0 Å². The fraction of sp³-hybridized carbons (Fsp3) is 0.160. The Morgan fingerprint density at radius 2 is 1.74 bits per heavy atom. The largest absolute Gasteiger partial charge is 0.496 e. The number of carbonyl (C=O) groups is 1. The molecule has 0 aliphatic carbocycles. The van der Waals surface area contributed by atoms with Gasteiger partial charge in [-0.25, -0.2) is 8.78 Å². The lowest BCUT2D eigenvalue weighted by atomic mass is 10.2. The smallest absolute Gasteiger partial charge is 0.261 e. The van der Waals surface area contributed by atoms with Crippen LogP contribution < -0.4 is 19.5 Å². The Labute approximate surface area is 199 Å². The number of amides is 1. The number of benzene rings is 2. The summed E-state index contributed by atoms with van der Waals surface area (Å²) < 4.78 is 50.9. The summed E-state index contributed by atoms with van der Waals surface area (Å²) in [7, 11) is 2.97. The minimum atomic E-state index is -0.997. The molecule has 1 amide bonds. The van der Waals surface area contributed by atoms with Gasteiger partial charge in [-0.3, -0.25) is 14.8 Å². The zero-order valence-electron chi connectivity index (χ0n) is 18.9. The second-order valence-electron chi connectivity index (χ2n) is 7.23. The van der Waals surface area contributed by atoms with E-state index in [1.54, 1.807) is 25.3 Å². The van der Waals surface area contributed by atoms with Crippen molar-refractivity contribution in [2.45, 2.75) is 0 Å². The topological polar surface area (TPSA) is 91.8 Å². The third kappa shape index (κ3) is 5.44. The molecule has 0 radical (unpaired) electrons. The van der Waals surface area contributed by atoms with E-state index >= 15 is 0 Å². The number of hydrogen-bond acceptors (Lipinski definition) is 7. The number of anilines is 1. The number of pyridine rings is 2. The van der Waals surface area contributed by atoms with Crippen LogP contribution in [0.15, 0.2) is 61.1 Å². The Balaban J connectivity index is 1.56. The molecule has 0 atom stereocenters. The van der Waals surface area contributed by atoms with Gasteiger partial charge in [-0.05, 0) is 24.3 Å². The lowest BCUT2D eigenvalue weighted by Crippen LogP contribution is -2.14. The highest BCUT2D eigenvalue weighted by molar-refractivity contribution is 6.06. The third-order valence-corrected chi connectivity index (χ3v) is 4.94. The van der Waals surface area contributed by atoms with Crippen LogP contribution in [0.1, 0.15) is 10.4 Å². The zero-order valence-corrected chi connectivity index (χ0v) is 18.9. The van der Waals surface area contributed by atoms with E-state index in [-0.39, 0.29) is 22.7 Å². The molecule has 2 heterocycles. The molecule has 1 N–H and O–H groups in total. The molecule has 4 aromatic rings. The predicted octanol–water partition coefficient (Wildman–Crippen LogP) is 4.99. The number of ether oxygens (including phenoxy) is 4. The van der Waals surface area contributed by atoms with Crippen molar-refractivity contribution in [3.63, 3.8) is 0 Å². The minimum absolute atomic E-state index is 0.0966. The molecule has 0 saturated carbocycles. The third-order valence-electron chi connectivity index (χ3n) is 4.94. The van der Waals surface area contributed by atoms with E-state index in [0.29, 0.717) is 29.9 Å². The summed E-state index contributed by atoms with van der Waals surface area (Å²) in [5.74, 6) is -2.20. The second kappa shape index (κ2) is 10.7. The number of carbonyl (C=O) groups excluding carboxylic acids is 1. The Kier molecular flexibility index (Phi) is 7.32. The van der Waals surface area contributed by atoms with Crippen LogP contribution in [0.3, 0.4) is 0 Å². The highest BCUT2D eigenvalue weighted by Crippen LogP contribution is 2.35. The fourth-order valence-electron chi connectivity index (χ4n) is 3.29. The first-order valence-corrected chi connectivity index (χ1v) is 10.5. The summed E-state index contributed by atoms with van der Waals surface area (Å²) in [5, 5.41) is 2.97. The number of fused-ring (bicyclic) bond motifs is 1. The van der Waals surface area contributed by atoms with E-state index in [1.165, 1.54) is 37.8 Å². The maximum atomic E-state index is 14.8. The summed E-state index contributed by atoms with van der Waals surface area (Å²) >= 11 is 0. The van der Waals surface area contributed by atoms with Crippen LogP contribution in [-0.4, -0.2) is 43.3 Å². The number of nitrogens with one attached hydrogen (secondary N) is 1. The van der Waals surface area contributed by atoms with E-state index in [4.69, 9.17) is 18.9 Å². The van der Waals surface area contributed by atoms with Crippen molar-refractivity contribution < 1.29 is 32.5 Å². The summed E-state index contributed by atoms with van der Waals surface area (Å²) in [6.07, 6.45) is 4.21. The van der Waals surface area contributed by atoms with E-state index in [2.05, 4.69) is 15.3 Å². The van der Waals surface area contributed by atoms with E-state index in [0.717, 1.165) is 12.1 Å². The summed E-state index contributed by atoms with van der Waals surface area (Å²) in [4.78, 5) is 20.7. The SMILES string of the molecule is COCCOc1ccc2c(Oc3c(F)cc(NC(=O)c4cnccc4OC)cc3F)ccnc2c1. The Hall–Kier alpha value is -4.31. The van der Waals surface area contributed by atoms with E-state index in [1.807, 2.05) is 0 Å². The van der Waals surface area contributed by atoms with Gasteiger partial charge in [-0.1, -0.05) is 0 Å². The van der Waals surface area contributed by atoms with Crippen LogP contribution >= 0.6 is 0 Å². The van der Waals surface area contributed by atoms with Gasteiger partial charge in [0.05, 0.1) is 24.8 Å². The summed E-state index contributed by atoms with van der Waals surface area (Å²) in [5.41, 5.74) is 0.540. The predicted molar refractivity (Wildman–Crippen MR) is 124 cm³/mol. The second-order valence-corrected chi connectivity index (χ2v) is 7.23. The molecular weight excluding hydrogens is 460 g/mol. The first kappa shape index (κ1) is 23.8. The van der Waals surface area contributed by atoms with Crippen molar-refractivity contribution in [1.82, 2.24) is 9.97 Å². The Bertz CT molecular complexity index is 1340. The number of rotatable bonds is 9. The van der Waals surface area contributed by atoms with Gasteiger partial charge in [0.15, 0.2) is 17.4 Å². The van der Waals surface area contributed by atoms with E-state index in [9.17, 15) is 13.6 Å². The quantitative estimate of drug-likeness (QED) is 0.337.